The lowest BCUT2D eigenvalue weighted by molar-refractivity contribution is 0.208. The Morgan fingerprint density at radius 1 is 1.33 bits per heavy atom. The maximum absolute atomic E-state index is 6.28. The first kappa shape index (κ1) is 16.5. The largest absolute Gasteiger partial charge is 0.307 e. The third-order valence-corrected chi connectivity index (χ3v) is 4.55. The van der Waals surface area contributed by atoms with Crippen LogP contribution in [0.2, 0.25) is 5.02 Å². The van der Waals surface area contributed by atoms with Crippen molar-refractivity contribution in [3.05, 3.63) is 46.5 Å². The molecule has 0 unspecified atom stereocenters. The van der Waals surface area contributed by atoms with Gasteiger partial charge in [-0.3, -0.25) is 4.90 Å². The van der Waals surface area contributed by atoms with Gasteiger partial charge in [-0.1, -0.05) is 41.4 Å². The number of nitrogens with zero attached hydrogens (tertiary/aromatic N) is 1. The molecule has 21 heavy (non-hydrogen) atoms. The van der Waals surface area contributed by atoms with Gasteiger partial charge in [-0.25, -0.2) is 0 Å². The van der Waals surface area contributed by atoms with Crippen LogP contribution in [0.25, 0.3) is 0 Å². The second-order valence-electron chi connectivity index (χ2n) is 6.27. The molecule has 0 aliphatic carbocycles. The monoisotopic (exact) mass is 306 g/mol. The number of hydrogen-bond acceptors (Lipinski definition) is 2. The molecule has 0 bridgehead atoms. The van der Waals surface area contributed by atoms with Crippen molar-refractivity contribution in [1.29, 1.82) is 0 Å². The van der Waals surface area contributed by atoms with E-state index in [4.69, 9.17) is 11.6 Å². The normalized spacial score (nSPS) is 18.5. The fraction of sp³-hybridized carbons (Fsp3) is 0.556. The first-order valence-corrected chi connectivity index (χ1v) is 8.30. The predicted octanol–water partition coefficient (Wildman–Crippen LogP) is 4.42. The average molecular weight is 307 g/mol. The van der Waals surface area contributed by atoms with Gasteiger partial charge in [0.25, 0.3) is 0 Å². The number of benzene rings is 1. The van der Waals surface area contributed by atoms with Crippen LogP contribution in [0.1, 0.15) is 45.2 Å². The Labute approximate surface area is 134 Å². The molecule has 1 heterocycles. The molecule has 0 saturated carbocycles. The van der Waals surface area contributed by atoms with Crippen LogP contribution in [0.5, 0.6) is 0 Å². The summed E-state index contributed by atoms with van der Waals surface area (Å²) in [5.74, 6) is 0. The number of piperidine rings is 1. The lowest BCUT2D eigenvalue weighted by Crippen LogP contribution is -2.43. The fourth-order valence-corrected chi connectivity index (χ4v) is 3.16. The smallest absolute Gasteiger partial charge is 0.0453 e. The minimum Gasteiger partial charge on any atom is -0.307 e. The van der Waals surface area contributed by atoms with E-state index in [9.17, 15) is 0 Å². The number of rotatable bonds is 5. The number of likely N-dealkylation sites (tertiary alicyclic amines) is 1. The van der Waals surface area contributed by atoms with Crippen LogP contribution in [0.4, 0.5) is 0 Å². The zero-order valence-corrected chi connectivity index (χ0v) is 14.2. The van der Waals surface area contributed by atoms with Gasteiger partial charge < -0.3 is 5.32 Å². The molecule has 0 radical (unpaired) electrons. The molecular formula is C18H27ClN2. The molecule has 1 aromatic carbocycles. The molecule has 1 fully saturated rings. The van der Waals surface area contributed by atoms with Gasteiger partial charge in [-0.15, -0.1) is 0 Å². The Morgan fingerprint density at radius 2 is 2.00 bits per heavy atom. The van der Waals surface area contributed by atoms with Crippen LogP contribution in [-0.4, -0.2) is 30.6 Å². The molecule has 2 rings (SSSR count). The minimum absolute atomic E-state index is 0.313. The molecule has 1 N–H and O–H groups in total. The summed E-state index contributed by atoms with van der Waals surface area (Å²) in [6.45, 7) is 9.98. The van der Waals surface area contributed by atoms with Crippen molar-refractivity contribution in [2.24, 2.45) is 0 Å². The molecule has 0 aromatic heterocycles. The minimum atomic E-state index is 0.313. The van der Waals surface area contributed by atoms with Crippen LogP contribution >= 0.6 is 11.6 Å². The standard InChI is InChI=1S/C18H27ClN2/c1-14(2)8-11-21-12-9-16(10-13-21)20-15(3)17-6-4-5-7-18(17)19/h4-8,15-16,20H,9-13H2,1-3H3/t15-/m0/s1. The Kier molecular flexibility index (Phi) is 6.28. The average Bonchev–Trinajstić information content (AvgIpc) is 2.47. The van der Waals surface area contributed by atoms with Crippen LogP contribution in [0, 0.1) is 0 Å². The maximum atomic E-state index is 6.28. The topological polar surface area (TPSA) is 15.3 Å². The van der Waals surface area contributed by atoms with Crippen molar-refractivity contribution in [1.82, 2.24) is 10.2 Å². The quantitative estimate of drug-likeness (QED) is 0.810. The molecule has 1 atom stereocenters. The highest BCUT2D eigenvalue weighted by molar-refractivity contribution is 6.31. The predicted molar refractivity (Wildman–Crippen MR) is 91.9 cm³/mol. The van der Waals surface area contributed by atoms with E-state index in [0.29, 0.717) is 12.1 Å². The lowest BCUT2D eigenvalue weighted by atomic mass is 10.0. The third-order valence-electron chi connectivity index (χ3n) is 4.20. The van der Waals surface area contributed by atoms with Crippen LogP contribution in [0.15, 0.2) is 35.9 Å². The third kappa shape index (κ3) is 5.14. The Morgan fingerprint density at radius 3 is 2.62 bits per heavy atom. The number of allylic oxidation sites excluding steroid dienone is 1. The molecule has 1 aliphatic heterocycles. The summed E-state index contributed by atoms with van der Waals surface area (Å²) in [4.78, 5) is 2.53. The van der Waals surface area contributed by atoms with Gasteiger partial charge in [-0.2, -0.15) is 0 Å². The van der Waals surface area contributed by atoms with Gasteiger partial charge in [-0.05, 0) is 58.3 Å². The summed E-state index contributed by atoms with van der Waals surface area (Å²) in [5.41, 5.74) is 2.61. The number of halogens is 1. The second-order valence-corrected chi connectivity index (χ2v) is 6.67. The molecule has 0 spiro atoms. The van der Waals surface area contributed by atoms with Crippen LogP contribution in [-0.2, 0) is 0 Å². The molecule has 1 aliphatic rings. The zero-order chi connectivity index (χ0) is 15.2. The fourth-order valence-electron chi connectivity index (χ4n) is 2.86. The van der Waals surface area contributed by atoms with Crippen molar-refractivity contribution < 1.29 is 0 Å². The van der Waals surface area contributed by atoms with Gasteiger partial charge in [0, 0.05) is 23.7 Å². The van der Waals surface area contributed by atoms with E-state index in [-0.39, 0.29) is 0 Å². The van der Waals surface area contributed by atoms with E-state index >= 15 is 0 Å². The molecular weight excluding hydrogens is 280 g/mol. The van der Waals surface area contributed by atoms with Crippen molar-refractivity contribution in [2.45, 2.75) is 45.7 Å². The van der Waals surface area contributed by atoms with E-state index in [2.05, 4.69) is 49.2 Å². The molecule has 1 aromatic rings. The van der Waals surface area contributed by atoms with Gasteiger partial charge in [0.05, 0.1) is 0 Å². The Bertz CT molecular complexity index is 472. The molecule has 3 heteroatoms. The van der Waals surface area contributed by atoms with Crippen molar-refractivity contribution in [3.63, 3.8) is 0 Å². The van der Waals surface area contributed by atoms with Crippen LogP contribution < -0.4 is 5.32 Å². The van der Waals surface area contributed by atoms with E-state index in [1.165, 1.54) is 37.1 Å². The molecule has 116 valence electrons. The molecule has 2 nitrogen and oxygen atoms in total. The van der Waals surface area contributed by atoms with E-state index in [0.717, 1.165) is 11.6 Å². The SMILES string of the molecule is CC(C)=CCN1CCC(N[C@@H](C)c2ccccc2Cl)CC1. The highest BCUT2D eigenvalue weighted by atomic mass is 35.5. The van der Waals surface area contributed by atoms with E-state index in [1.54, 1.807) is 0 Å². The summed E-state index contributed by atoms with van der Waals surface area (Å²) in [5, 5.41) is 4.59. The molecule has 0 amide bonds. The number of hydrogen-bond donors (Lipinski definition) is 1. The van der Waals surface area contributed by atoms with Gasteiger partial charge in [0.1, 0.15) is 0 Å². The zero-order valence-electron chi connectivity index (χ0n) is 13.4. The summed E-state index contributed by atoms with van der Waals surface area (Å²) in [7, 11) is 0. The lowest BCUT2D eigenvalue weighted by Gasteiger charge is -2.33. The highest BCUT2D eigenvalue weighted by Crippen LogP contribution is 2.24. The Hall–Kier alpha value is -0.830. The van der Waals surface area contributed by atoms with Crippen molar-refractivity contribution >= 4 is 11.6 Å². The molecule has 1 saturated heterocycles. The van der Waals surface area contributed by atoms with E-state index in [1.807, 2.05) is 12.1 Å². The summed E-state index contributed by atoms with van der Waals surface area (Å²) in [6.07, 6.45) is 4.75. The summed E-state index contributed by atoms with van der Waals surface area (Å²) in [6, 6.07) is 9.04. The highest BCUT2D eigenvalue weighted by Gasteiger charge is 2.20. The first-order valence-electron chi connectivity index (χ1n) is 7.92. The first-order chi connectivity index (χ1) is 10.1. The van der Waals surface area contributed by atoms with E-state index < -0.39 is 0 Å². The Balaban J connectivity index is 1.81. The van der Waals surface area contributed by atoms with Gasteiger partial charge in [0.15, 0.2) is 0 Å². The van der Waals surface area contributed by atoms with Gasteiger partial charge >= 0.3 is 0 Å². The van der Waals surface area contributed by atoms with Crippen molar-refractivity contribution in [3.8, 4) is 0 Å². The maximum Gasteiger partial charge on any atom is 0.0453 e. The van der Waals surface area contributed by atoms with Gasteiger partial charge in [0.2, 0.25) is 0 Å². The second kappa shape index (κ2) is 7.98. The number of nitrogens with one attached hydrogen (secondary N) is 1. The van der Waals surface area contributed by atoms with Crippen molar-refractivity contribution in [2.75, 3.05) is 19.6 Å². The van der Waals surface area contributed by atoms with Crippen LogP contribution in [0.3, 0.4) is 0 Å². The summed E-state index contributed by atoms with van der Waals surface area (Å²) >= 11 is 6.28. The summed E-state index contributed by atoms with van der Waals surface area (Å²) < 4.78 is 0.